The normalized spacial score (nSPS) is 31.0. The smallest absolute Gasteiger partial charge is 0.123 e. The lowest BCUT2D eigenvalue weighted by Crippen LogP contribution is -2.46. The van der Waals surface area contributed by atoms with E-state index in [1.807, 2.05) is 18.2 Å². The molecule has 2 aliphatic rings. The molecular weight excluding hydrogens is 262 g/mol. The van der Waals surface area contributed by atoms with E-state index in [4.69, 9.17) is 16.3 Å². The van der Waals surface area contributed by atoms with Crippen molar-refractivity contribution in [3.8, 4) is 5.75 Å². The standard InChI is InChI=1S/C15H20ClNO2/c1-10-4-5-17(9-14(10)18)8-13-7-11-6-12(16)2-3-15(11)19-13/h2-3,6,10,13-14,18H,4-5,7-9H2,1H3. The van der Waals surface area contributed by atoms with Crippen molar-refractivity contribution in [1.29, 1.82) is 0 Å². The Morgan fingerprint density at radius 2 is 2.32 bits per heavy atom. The summed E-state index contributed by atoms with van der Waals surface area (Å²) in [5.41, 5.74) is 1.20. The zero-order chi connectivity index (χ0) is 13.4. The third-order valence-corrected chi connectivity index (χ3v) is 4.46. The van der Waals surface area contributed by atoms with Gasteiger partial charge in [-0.25, -0.2) is 0 Å². The molecule has 1 N–H and O–H groups in total. The van der Waals surface area contributed by atoms with Gasteiger partial charge >= 0.3 is 0 Å². The Kier molecular flexibility index (Phi) is 3.70. The molecule has 3 rings (SSSR count). The minimum atomic E-state index is -0.202. The number of benzene rings is 1. The van der Waals surface area contributed by atoms with Crippen LogP contribution in [0.2, 0.25) is 5.02 Å². The van der Waals surface area contributed by atoms with Gasteiger partial charge in [-0.2, -0.15) is 0 Å². The van der Waals surface area contributed by atoms with Crippen LogP contribution in [0.1, 0.15) is 18.9 Å². The highest BCUT2D eigenvalue weighted by Gasteiger charge is 2.29. The van der Waals surface area contributed by atoms with E-state index in [0.29, 0.717) is 5.92 Å². The van der Waals surface area contributed by atoms with E-state index in [2.05, 4.69) is 11.8 Å². The molecule has 0 bridgehead atoms. The number of aliphatic hydroxyl groups excluding tert-OH is 1. The fourth-order valence-corrected chi connectivity index (χ4v) is 3.15. The number of rotatable bonds is 2. The van der Waals surface area contributed by atoms with Crippen molar-refractivity contribution in [1.82, 2.24) is 4.90 Å². The SMILES string of the molecule is CC1CCN(CC2Cc3cc(Cl)ccc3O2)CC1O. The molecule has 1 saturated heterocycles. The molecule has 19 heavy (non-hydrogen) atoms. The van der Waals surface area contributed by atoms with Crippen LogP contribution >= 0.6 is 11.6 Å². The van der Waals surface area contributed by atoms with Crippen LogP contribution in [-0.2, 0) is 6.42 Å². The summed E-state index contributed by atoms with van der Waals surface area (Å²) in [4.78, 5) is 2.31. The quantitative estimate of drug-likeness (QED) is 0.903. The zero-order valence-corrected chi connectivity index (χ0v) is 11.9. The number of piperidine rings is 1. The van der Waals surface area contributed by atoms with E-state index in [-0.39, 0.29) is 12.2 Å². The average Bonchev–Trinajstić information content (AvgIpc) is 2.75. The van der Waals surface area contributed by atoms with Crippen LogP contribution in [0.4, 0.5) is 0 Å². The number of fused-ring (bicyclic) bond motifs is 1. The van der Waals surface area contributed by atoms with Gasteiger partial charge in [-0.15, -0.1) is 0 Å². The first-order valence-electron chi connectivity index (χ1n) is 6.97. The molecule has 0 spiro atoms. The van der Waals surface area contributed by atoms with E-state index < -0.39 is 0 Å². The van der Waals surface area contributed by atoms with Gasteiger partial charge in [-0.1, -0.05) is 18.5 Å². The number of nitrogens with zero attached hydrogens (tertiary/aromatic N) is 1. The molecule has 0 aromatic heterocycles. The van der Waals surface area contributed by atoms with Gasteiger partial charge in [0.15, 0.2) is 0 Å². The lowest BCUT2D eigenvalue weighted by molar-refractivity contribution is 0.0156. The Morgan fingerprint density at radius 3 is 3.11 bits per heavy atom. The maximum atomic E-state index is 9.93. The van der Waals surface area contributed by atoms with Crippen LogP contribution < -0.4 is 4.74 Å². The van der Waals surface area contributed by atoms with Crippen LogP contribution in [-0.4, -0.2) is 41.8 Å². The van der Waals surface area contributed by atoms with Crippen molar-refractivity contribution in [2.45, 2.75) is 32.0 Å². The summed E-state index contributed by atoms with van der Waals surface area (Å²) in [6, 6.07) is 5.81. The van der Waals surface area contributed by atoms with Gasteiger partial charge < -0.3 is 9.84 Å². The molecule has 4 heteroatoms. The van der Waals surface area contributed by atoms with Crippen molar-refractivity contribution in [3.63, 3.8) is 0 Å². The van der Waals surface area contributed by atoms with Crippen LogP contribution in [0, 0.1) is 5.92 Å². The number of halogens is 1. The molecule has 0 radical (unpaired) electrons. The summed E-state index contributed by atoms with van der Waals surface area (Å²) >= 11 is 6.00. The molecule has 2 heterocycles. The Balaban J connectivity index is 1.59. The van der Waals surface area contributed by atoms with Crippen LogP contribution in [0.3, 0.4) is 0 Å². The van der Waals surface area contributed by atoms with Crippen LogP contribution in [0.25, 0.3) is 0 Å². The molecule has 0 aliphatic carbocycles. The highest BCUT2D eigenvalue weighted by Crippen LogP contribution is 2.31. The van der Waals surface area contributed by atoms with E-state index in [1.165, 1.54) is 5.56 Å². The Labute approximate surface area is 119 Å². The number of hydrogen-bond acceptors (Lipinski definition) is 3. The van der Waals surface area contributed by atoms with Crippen molar-refractivity contribution in [3.05, 3.63) is 28.8 Å². The summed E-state index contributed by atoms with van der Waals surface area (Å²) in [6.07, 6.45) is 1.96. The number of ether oxygens (including phenoxy) is 1. The molecule has 0 amide bonds. The molecule has 3 atom stereocenters. The van der Waals surface area contributed by atoms with Crippen molar-refractivity contribution in [2.24, 2.45) is 5.92 Å². The summed E-state index contributed by atoms with van der Waals surface area (Å²) in [7, 11) is 0. The highest BCUT2D eigenvalue weighted by molar-refractivity contribution is 6.30. The molecule has 104 valence electrons. The summed E-state index contributed by atoms with van der Waals surface area (Å²) in [6.45, 7) is 4.81. The van der Waals surface area contributed by atoms with E-state index in [9.17, 15) is 5.11 Å². The molecule has 1 aromatic carbocycles. The first kappa shape index (κ1) is 13.2. The second-order valence-electron chi connectivity index (χ2n) is 5.79. The maximum Gasteiger partial charge on any atom is 0.123 e. The van der Waals surface area contributed by atoms with Gasteiger partial charge in [0.25, 0.3) is 0 Å². The predicted molar refractivity (Wildman–Crippen MR) is 75.8 cm³/mol. The van der Waals surface area contributed by atoms with Gasteiger partial charge in [0, 0.05) is 24.5 Å². The van der Waals surface area contributed by atoms with Crippen molar-refractivity contribution in [2.75, 3.05) is 19.6 Å². The van der Waals surface area contributed by atoms with Crippen molar-refractivity contribution >= 4 is 11.6 Å². The Bertz CT molecular complexity index is 465. The van der Waals surface area contributed by atoms with E-state index in [1.54, 1.807) is 0 Å². The fourth-order valence-electron chi connectivity index (χ4n) is 2.96. The number of hydrogen-bond donors (Lipinski definition) is 1. The second kappa shape index (κ2) is 5.31. The number of likely N-dealkylation sites (tertiary alicyclic amines) is 1. The van der Waals surface area contributed by atoms with Gasteiger partial charge in [0.1, 0.15) is 11.9 Å². The predicted octanol–water partition coefficient (Wildman–Crippen LogP) is 2.35. The zero-order valence-electron chi connectivity index (χ0n) is 11.2. The maximum absolute atomic E-state index is 9.93. The summed E-state index contributed by atoms with van der Waals surface area (Å²) in [5.74, 6) is 1.37. The van der Waals surface area contributed by atoms with Gasteiger partial charge in [0.2, 0.25) is 0 Å². The largest absolute Gasteiger partial charge is 0.488 e. The average molecular weight is 282 g/mol. The first-order valence-corrected chi connectivity index (χ1v) is 7.35. The number of aliphatic hydroxyl groups is 1. The van der Waals surface area contributed by atoms with E-state index in [0.717, 1.165) is 43.2 Å². The summed E-state index contributed by atoms with van der Waals surface area (Å²) in [5, 5.41) is 10.7. The van der Waals surface area contributed by atoms with Gasteiger partial charge in [-0.05, 0) is 42.6 Å². The Hall–Kier alpha value is -0.770. The molecular formula is C15H20ClNO2. The minimum Gasteiger partial charge on any atom is -0.488 e. The molecule has 3 nitrogen and oxygen atoms in total. The topological polar surface area (TPSA) is 32.7 Å². The number of β-amino-alcohol motifs (C(OH)–C–C–N with tert-alkyl or cyclic N) is 1. The van der Waals surface area contributed by atoms with Gasteiger partial charge in [0.05, 0.1) is 6.10 Å². The molecule has 3 unspecified atom stereocenters. The molecule has 2 aliphatic heterocycles. The molecule has 1 aromatic rings. The lowest BCUT2D eigenvalue weighted by Gasteiger charge is -2.35. The second-order valence-corrected chi connectivity index (χ2v) is 6.23. The van der Waals surface area contributed by atoms with Crippen LogP contribution in [0.5, 0.6) is 5.75 Å². The van der Waals surface area contributed by atoms with Gasteiger partial charge in [-0.3, -0.25) is 4.90 Å². The molecule has 0 saturated carbocycles. The Morgan fingerprint density at radius 1 is 1.47 bits per heavy atom. The first-order chi connectivity index (χ1) is 9.11. The lowest BCUT2D eigenvalue weighted by atomic mass is 9.96. The summed E-state index contributed by atoms with van der Waals surface area (Å²) < 4.78 is 5.94. The third kappa shape index (κ3) is 2.88. The third-order valence-electron chi connectivity index (χ3n) is 4.23. The monoisotopic (exact) mass is 281 g/mol. The van der Waals surface area contributed by atoms with Crippen molar-refractivity contribution < 1.29 is 9.84 Å². The van der Waals surface area contributed by atoms with Crippen LogP contribution in [0.15, 0.2) is 18.2 Å². The minimum absolute atomic E-state index is 0.189. The highest BCUT2D eigenvalue weighted by atomic mass is 35.5. The fraction of sp³-hybridized carbons (Fsp3) is 0.600. The van der Waals surface area contributed by atoms with E-state index >= 15 is 0 Å². The molecule has 1 fully saturated rings.